The summed E-state index contributed by atoms with van der Waals surface area (Å²) < 4.78 is 1.77. The Kier molecular flexibility index (Phi) is 2.17. The normalized spacial score (nSPS) is 20.0. The number of hydrogen-bond acceptors (Lipinski definition) is 5. The molecule has 3 heterocycles. The van der Waals surface area contributed by atoms with Crippen LogP contribution in [0.15, 0.2) is 18.7 Å². The van der Waals surface area contributed by atoms with Gasteiger partial charge in [-0.3, -0.25) is 9.20 Å². The summed E-state index contributed by atoms with van der Waals surface area (Å²) in [5.41, 5.74) is 0.665. The van der Waals surface area contributed by atoms with Crippen molar-refractivity contribution in [1.82, 2.24) is 19.6 Å². The maximum absolute atomic E-state index is 10.9. The molecule has 0 radical (unpaired) electrons. The number of aromatic nitrogens is 4. The Hall–Kier alpha value is -2.18. The van der Waals surface area contributed by atoms with E-state index in [0.29, 0.717) is 31.0 Å². The van der Waals surface area contributed by atoms with Gasteiger partial charge < -0.3 is 10.0 Å². The third kappa shape index (κ3) is 1.59. The van der Waals surface area contributed by atoms with Gasteiger partial charge >= 0.3 is 5.97 Å². The lowest BCUT2D eigenvalue weighted by atomic mass is 10.1. The van der Waals surface area contributed by atoms with Crippen LogP contribution >= 0.6 is 0 Å². The molecule has 1 saturated heterocycles. The van der Waals surface area contributed by atoms with Crippen LogP contribution in [0.3, 0.4) is 0 Å². The minimum Gasteiger partial charge on any atom is -0.481 e. The maximum atomic E-state index is 10.9. The molecule has 88 valence electrons. The van der Waals surface area contributed by atoms with Gasteiger partial charge in [0, 0.05) is 25.5 Å². The number of anilines is 1. The summed E-state index contributed by atoms with van der Waals surface area (Å²) in [5.74, 6) is -0.366. The van der Waals surface area contributed by atoms with Crippen LogP contribution in [0.1, 0.15) is 6.42 Å². The lowest BCUT2D eigenvalue weighted by molar-refractivity contribution is -0.140. The largest absolute Gasteiger partial charge is 0.481 e. The Labute approximate surface area is 96.7 Å². The summed E-state index contributed by atoms with van der Waals surface area (Å²) >= 11 is 0. The Morgan fingerprint density at radius 2 is 2.41 bits per heavy atom. The van der Waals surface area contributed by atoms with Gasteiger partial charge in [-0.15, -0.1) is 10.2 Å². The number of carboxylic acid groups (broad SMARTS) is 1. The SMILES string of the molecule is O=C(O)C1CCN(c2nccn3cnnc23)C1. The molecule has 2 aromatic heterocycles. The van der Waals surface area contributed by atoms with Crippen molar-refractivity contribution in [1.29, 1.82) is 0 Å². The molecule has 2 aromatic rings. The van der Waals surface area contributed by atoms with Gasteiger partial charge in [0.1, 0.15) is 6.33 Å². The van der Waals surface area contributed by atoms with E-state index in [4.69, 9.17) is 5.11 Å². The van der Waals surface area contributed by atoms with Crippen molar-refractivity contribution in [3.8, 4) is 0 Å². The predicted molar refractivity (Wildman–Crippen MR) is 58.7 cm³/mol. The van der Waals surface area contributed by atoms with Gasteiger partial charge in [0.15, 0.2) is 5.82 Å². The van der Waals surface area contributed by atoms with E-state index in [0.717, 1.165) is 0 Å². The minimum absolute atomic E-state index is 0.319. The molecule has 1 aliphatic rings. The molecule has 0 aliphatic carbocycles. The first-order valence-corrected chi connectivity index (χ1v) is 5.38. The van der Waals surface area contributed by atoms with Crippen LogP contribution in [0.4, 0.5) is 5.82 Å². The highest BCUT2D eigenvalue weighted by atomic mass is 16.4. The van der Waals surface area contributed by atoms with Crippen molar-refractivity contribution in [2.24, 2.45) is 5.92 Å². The highest BCUT2D eigenvalue weighted by Gasteiger charge is 2.29. The zero-order chi connectivity index (χ0) is 11.8. The fraction of sp³-hybridized carbons (Fsp3) is 0.400. The van der Waals surface area contributed by atoms with Gasteiger partial charge in [0.05, 0.1) is 5.92 Å². The molecule has 1 aliphatic heterocycles. The van der Waals surface area contributed by atoms with Crippen LogP contribution in [0, 0.1) is 5.92 Å². The monoisotopic (exact) mass is 233 g/mol. The van der Waals surface area contributed by atoms with Crippen molar-refractivity contribution in [3.05, 3.63) is 18.7 Å². The topological polar surface area (TPSA) is 83.6 Å². The maximum Gasteiger partial charge on any atom is 0.308 e. The van der Waals surface area contributed by atoms with Gasteiger partial charge in [-0.1, -0.05) is 0 Å². The van der Waals surface area contributed by atoms with Gasteiger partial charge in [0.2, 0.25) is 5.65 Å². The van der Waals surface area contributed by atoms with E-state index in [1.165, 1.54) is 0 Å². The van der Waals surface area contributed by atoms with Crippen LogP contribution < -0.4 is 4.90 Å². The van der Waals surface area contributed by atoms with E-state index in [-0.39, 0.29) is 5.92 Å². The standard InChI is InChI=1S/C10H11N5O2/c16-10(17)7-1-3-14(5-7)8-9-13-12-6-15(9)4-2-11-8/h2,4,6-7H,1,3,5H2,(H,16,17). The molecule has 1 N–H and O–H groups in total. The first-order valence-electron chi connectivity index (χ1n) is 5.38. The van der Waals surface area contributed by atoms with Crippen molar-refractivity contribution in [3.63, 3.8) is 0 Å². The van der Waals surface area contributed by atoms with Crippen LogP contribution in [0.2, 0.25) is 0 Å². The van der Waals surface area contributed by atoms with Gasteiger partial charge in [-0.25, -0.2) is 4.98 Å². The van der Waals surface area contributed by atoms with Crippen LogP contribution in [-0.4, -0.2) is 43.7 Å². The van der Waals surface area contributed by atoms with Crippen molar-refractivity contribution < 1.29 is 9.90 Å². The molecule has 1 atom stereocenters. The molecule has 0 aromatic carbocycles. The first kappa shape index (κ1) is 10.0. The third-order valence-electron chi connectivity index (χ3n) is 3.03. The highest BCUT2D eigenvalue weighted by molar-refractivity contribution is 5.73. The second-order valence-corrected chi connectivity index (χ2v) is 4.08. The number of fused-ring (bicyclic) bond motifs is 1. The summed E-state index contributed by atoms with van der Waals surface area (Å²) in [6.07, 6.45) is 5.68. The second kappa shape index (κ2) is 3.69. The Morgan fingerprint density at radius 3 is 3.18 bits per heavy atom. The Balaban J connectivity index is 1.95. The van der Waals surface area contributed by atoms with E-state index >= 15 is 0 Å². The fourth-order valence-corrected chi connectivity index (χ4v) is 2.12. The number of carbonyl (C=O) groups is 1. The zero-order valence-corrected chi connectivity index (χ0v) is 9.02. The van der Waals surface area contributed by atoms with Gasteiger partial charge in [0.25, 0.3) is 0 Å². The molecule has 17 heavy (non-hydrogen) atoms. The highest BCUT2D eigenvalue weighted by Crippen LogP contribution is 2.24. The summed E-state index contributed by atoms with van der Waals surface area (Å²) in [4.78, 5) is 17.1. The van der Waals surface area contributed by atoms with E-state index in [1.54, 1.807) is 23.1 Å². The summed E-state index contributed by atoms with van der Waals surface area (Å²) in [6.45, 7) is 1.17. The van der Waals surface area contributed by atoms with Crippen LogP contribution in [0.5, 0.6) is 0 Å². The van der Waals surface area contributed by atoms with Crippen LogP contribution in [-0.2, 0) is 4.79 Å². The summed E-state index contributed by atoms with van der Waals surface area (Å²) in [5, 5.41) is 16.8. The number of rotatable bonds is 2. The molecule has 7 nitrogen and oxygen atoms in total. The quantitative estimate of drug-likeness (QED) is 0.788. The number of carboxylic acids is 1. The average Bonchev–Trinajstić information content (AvgIpc) is 2.97. The molecule has 7 heteroatoms. The molecule has 0 bridgehead atoms. The molecule has 1 unspecified atom stereocenters. The number of aliphatic carboxylic acids is 1. The lowest BCUT2D eigenvalue weighted by Gasteiger charge is -2.16. The van der Waals surface area contributed by atoms with Crippen LogP contribution in [0.25, 0.3) is 5.65 Å². The minimum atomic E-state index is -0.749. The Bertz CT molecular complexity index is 567. The molecule has 0 spiro atoms. The molecule has 3 rings (SSSR count). The van der Waals surface area contributed by atoms with Gasteiger partial charge in [-0.05, 0) is 6.42 Å². The first-order chi connectivity index (χ1) is 8.25. The van der Waals surface area contributed by atoms with E-state index in [1.807, 2.05) is 4.90 Å². The smallest absolute Gasteiger partial charge is 0.308 e. The van der Waals surface area contributed by atoms with E-state index in [2.05, 4.69) is 15.2 Å². The molecular formula is C10H11N5O2. The summed E-state index contributed by atoms with van der Waals surface area (Å²) in [7, 11) is 0. The van der Waals surface area contributed by atoms with E-state index in [9.17, 15) is 4.79 Å². The third-order valence-corrected chi connectivity index (χ3v) is 3.03. The number of nitrogens with zero attached hydrogens (tertiary/aromatic N) is 5. The van der Waals surface area contributed by atoms with Crippen molar-refractivity contribution in [2.45, 2.75) is 6.42 Å². The Morgan fingerprint density at radius 1 is 1.53 bits per heavy atom. The molecule has 1 fully saturated rings. The molecular weight excluding hydrogens is 222 g/mol. The average molecular weight is 233 g/mol. The van der Waals surface area contributed by atoms with E-state index < -0.39 is 5.97 Å². The van der Waals surface area contributed by atoms with Gasteiger partial charge in [-0.2, -0.15) is 0 Å². The number of hydrogen-bond donors (Lipinski definition) is 1. The predicted octanol–water partition coefficient (Wildman–Crippen LogP) is 0.0352. The molecule has 0 saturated carbocycles. The lowest BCUT2D eigenvalue weighted by Crippen LogP contribution is -2.24. The summed E-state index contributed by atoms with van der Waals surface area (Å²) in [6, 6.07) is 0. The van der Waals surface area contributed by atoms with Crippen molar-refractivity contribution in [2.75, 3.05) is 18.0 Å². The fourth-order valence-electron chi connectivity index (χ4n) is 2.12. The van der Waals surface area contributed by atoms with Crippen molar-refractivity contribution >= 4 is 17.4 Å². The zero-order valence-electron chi connectivity index (χ0n) is 9.02. The molecule has 0 amide bonds. The second-order valence-electron chi connectivity index (χ2n) is 4.08.